The third kappa shape index (κ3) is 2.21. The van der Waals surface area contributed by atoms with Crippen LogP contribution >= 0.6 is 11.8 Å². The van der Waals surface area contributed by atoms with Gasteiger partial charge in [-0.3, -0.25) is 15.0 Å². The average molecular weight is 296 g/mol. The van der Waals surface area contributed by atoms with E-state index >= 15 is 0 Å². The molecule has 4 heterocycles. The summed E-state index contributed by atoms with van der Waals surface area (Å²) >= 11 is 1.87. The van der Waals surface area contributed by atoms with Gasteiger partial charge in [0, 0.05) is 30.4 Å². The van der Waals surface area contributed by atoms with Crippen LogP contribution in [-0.2, 0) is 0 Å². The summed E-state index contributed by atoms with van der Waals surface area (Å²) in [7, 11) is 0. The highest BCUT2D eigenvalue weighted by Gasteiger charge is 2.43. The summed E-state index contributed by atoms with van der Waals surface area (Å²) in [5.74, 6) is 0. The fourth-order valence-corrected chi connectivity index (χ4v) is 4.13. The van der Waals surface area contributed by atoms with E-state index in [0.29, 0.717) is 5.25 Å². The highest BCUT2D eigenvalue weighted by atomic mass is 32.2. The topological polar surface area (TPSA) is 41.4 Å². The molecule has 2 aliphatic rings. The van der Waals surface area contributed by atoms with Gasteiger partial charge in [-0.25, -0.2) is 0 Å². The van der Waals surface area contributed by atoms with E-state index in [0.717, 1.165) is 17.4 Å². The Morgan fingerprint density at radius 2 is 2.00 bits per heavy atom. The first-order chi connectivity index (χ1) is 10.3. The van der Waals surface area contributed by atoms with Crippen LogP contribution in [0.3, 0.4) is 0 Å². The van der Waals surface area contributed by atoms with Crippen molar-refractivity contribution in [2.45, 2.75) is 24.3 Å². The van der Waals surface area contributed by atoms with Gasteiger partial charge in [0.25, 0.3) is 0 Å². The average Bonchev–Trinajstić information content (AvgIpc) is 3.05. The molecule has 1 saturated heterocycles. The molecule has 21 heavy (non-hydrogen) atoms. The Morgan fingerprint density at radius 3 is 2.76 bits per heavy atom. The molecule has 2 aliphatic heterocycles. The SMILES string of the molecule is C[C@H]1CN2C(=N[C@@H](c3ccccn3)[C@@H]2c2ccncc2)S1. The number of pyridine rings is 2. The molecule has 4 nitrogen and oxygen atoms in total. The first kappa shape index (κ1) is 12.8. The number of amidine groups is 1. The molecule has 1 fully saturated rings. The molecule has 106 valence electrons. The third-order valence-electron chi connectivity index (χ3n) is 3.93. The molecule has 3 atom stereocenters. The number of aliphatic imine (C=N–C) groups is 1. The van der Waals surface area contributed by atoms with Crippen LogP contribution in [-0.4, -0.2) is 31.8 Å². The van der Waals surface area contributed by atoms with Crippen molar-refractivity contribution >= 4 is 16.9 Å². The molecule has 4 rings (SSSR count). The zero-order valence-electron chi connectivity index (χ0n) is 11.8. The van der Waals surface area contributed by atoms with Gasteiger partial charge in [-0.15, -0.1) is 0 Å². The van der Waals surface area contributed by atoms with Crippen molar-refractivity contribution in [2.75, 3.05) is 6.54 Å². The number of hydrogen-bond acceptors (Lipinski definition) is 5. The highest BCUT2D eigenvalue weighted by molar-refractivity contribution is 8.14. The van der Waals surface area contributed by atoms with Crippen LogP contribution in [0.5, 0.6) is 0 Å². The minimum atomic E-state index is 0.0728. The van der Waals surface area contributed by atoms with Crippen LogP contribution in [0.15, 0.2) is 53.9 Å². The van der Waals surface area contributed by atoms with Crippen LogP contribution in [0.1, 0.15) is 30.3 Å². The van der Waals surface area contributed by atoms with Gasteiger partial charge in [0.15, 0.2) is 5.17 Å². The van der Waals surface area contributed by atoms with Gasteiger partial charge in [0.1, 0.15) is 6.04 Å². The van der Waals surface area contributed by atoms with Crippen molar-refractivity contribution < 1.29 is 0 Å². The summed E-state index contributed by atoms with van der Waals surface area (Å²) in [6.45, 7) is 3.30. The van der Waals surface area contributed by atoms with Crippen molar-refractivity contribution in [1.29, 1.82) is 0 Å². The molecular weight excluding hydrogens is 280 g/mol. The molecule has 5 heteroatoms. The normalized spacial score (nSPS) is 27.6. The summed E-state index contributed by atoms with van der Waals surface area (Å²) in [5.41, 5.74) is 2.29. The van der Waals surface area contributed by atoms with Crippen molar-refractivity contribution in [1.82, 2.24) is 14.9 Å². The lowest BCUT2D eigenvalue weighted by atomic mass is 9.97. The molecule has 0 N–H and O–H groups in total. The van der Waals surface area contributed by atoms with E-state index in [1.54, 1.807) is 0 Å². The second kappa shape index (κ2) is 5.15. The quantitative estimate of drug-likeness (QED) is 0.854. The number of thioether (sulfide) groups is 1. The monoisotopic (exact) mass is 296 g/mol. The molecule has 0 radical (unpaired) electrons. The Balaban J connectivity index is 1.77. The maximum atomic E-state index is 4.95. The van der Waals surface area contributed by atoms with Crippen LogP contribution in [0.25, 0.3) is 0 Å². The Bertz CT molecular complexity index is 658. The largest absolute Gasteiger partial charge is 0.341 e. The van der Waals surface area contributed by atoms with Gasteiger partial charge in [-0.05, 0) is 29.8 Å². The number of rotatable bonds is 2. The third-order valence-corrected chi connectivity index (χ3v) is 5.03. The minimum absolute atomic E-state index is 0.0728. The van der Waals surface area contributed by atoms with E-state index in [2.05, 4.69) is 40.0 Å². The van der Waals surface area contributed by atoms with Gasteiger partial charge in [0.2, 0.25) is 0 Å². The minimum Gasteiger partial charge on any atom is -0.341 e. The smallest absolute Gasteiger partial charge is 0.160 e. The standard InChI is InChI=1S/C16H16N4S/c1-11-10-20-15(12-5-8-17-9-6-12)14(19-16(20)21-11)13-4-2-3-7-18-13/h2-9,11,14-15H,10H2,1H3/t11-,14-,15-/m0/s1. The van der Waals surface area contributed by atoms with Crippen LogP contribution in [0, 0.1) is 0 Å². The Kier molecular flexibility index (Phi) is 3.15. The first-order valence-electron chi connectivity index (χ1n) is 7.15. The summed E-state index contributed by atoms with van der Waals surface area (Å²) in [6.07, 6.45) is 5.56. The van der Waals surface area contributed by atoms with Gasteiger partial charge in [-0.1, -0.05) is 24.8 Å². The summed E-state index contributed by atoms with van der Waals surface area (Å²) in [4.78, 5) is 16.0. The maximum absolute atomic E-state index is 4.95. The summed E-state index contributed by atoms with van der Waals surface area (Å²) < 4.78 is 0. The number of hydrogen-bond donors (Lipinski definition) is 0. The predicted octanol–water partition coefficient (Wildman–Crippen LogP) is 3.07. The van der Waals surface area contributed by atoms with E-state index in [4.69, 9.17) is 4.99 Å². The van der Waals surface area contributed by atoms with Gasteiger partial charge < -0.3 is 4.90 Å². The fourth-order valence-electron chi connectivity index (χ4n) is 3.04. The lowest BCUT2D eigenvalue weighted by Gasteiger charge is -2.27. The number of aromatic nitrogens is 2. The van der Waals surface area contributed by atoms with Crippen molar-refractivity contribution in [3.05, 3.63) is 60.2 Å². The second-order valence-corrected chi connectivity index (χ2v) is 6.82. The Morgan fingerprint density at radius 1 is 1.14 bits per heavy atom. The molecule has 0 saturated carbocycles. The molecule has 0 spiro atoms. The zero-order chi connectivity index (χ0) is 14.2. The highest BCUT2D eigenvalue weighted by Crippen LogP contribution is 2.47. The second-order valence-electron chi connectivity index (χ2n) is 5.42. The van der Waals surface area contributed by atoms with Crippen molar-refractivity contribution in [2.24, 2.45) is 4.99 Å². The molecular formula is C16H16N4S. The molecule has 0 amide bonds. The first-order valence-corrected chi connectivity index (χ1v) is 8.03. The van der Waals surface area contributed by atoms with Gasteiger partial charge >= 0.3 is 0 Å². The van der Waals surface area contributed by atoms with E-state index in [-0.39, 0.29) is 12.1 Å². The molecule has 2 aromatic heterocycles. The lowest BCUT2D eigenvalue weighted by molar-refractivity contribution is 0.321. The van der Waals surface area contributed by atoms with Crippen LogP contribution in [0.4, 0.5) is 0 Å². The van der Waals surface area contributed by atoms with E-state index in [9.17, 15) is 0 Å². The maximum Gasteiger partial charge on any atom is 0.160 e. The summed E-state index contributed by atoms with van der Waals surface area (Å²) in [5, 5.41) is 1.75. The number of fused-ring (bicyclic) bond motifs is 1. The Hall–Kier alpha value is -1.88. The molecule has 0 bridgehead atoms. The van der Waals surface area contributed by atoms with Crippen molar-refractivity contribution in [3.63, 3.8) is 0 Å². The van der Waals surface area contributed by atoms with Gasteiger partial charge in [0.05, 0.1) is 11.7 Å². The number of nitrogens with zero attached hydrogens (tertiary/aromatic N) is 4. The fraction of sp³-hybridized carbons (Fsp3) is 0.312. The van der Waals surface area contributed by atoms with Gasteiger partial charge in [-0.2, -0.15) is 0 Å². The van der Waals surface area contributed by atoms with Crippen molar-refractivity contribution in [3.8, 4) is 0 Å². The lowest BCUT2D eigenvalue weighted by Crippen LogP contribution is -2.28. The van der Waals surface area contributed by atoms with Crippen LogP contribution < -0.4 is 0 Å². The van der Waals surface area contributed by atoms with E-state index in [1.165, 1.54) is 5.56 Å². The Labute approximate surface area is 128 Å². The zero-order valence-corrected chi connectivity index (χ0v) is 12.6. The molecule has 2 aromatic rings. The molecule has 0 aliphatic carbocycles. The predicted molar refractivity (Wildman–Crippen MR) is 85.2 cm³/mol. The summed E-state index contributed by atoms with van der Waals surface area (Å²) in [6, 6.07) is 10.5. The van der Waals surface area contributed by atoms with E-state index in [1.807, 2.05) is 42.5 Å². The van der Waals surface area contributed by atoms with Crippen LogP contribution in [0.2, 0.25) is 0 Å². The molecule has 0 aromatic carbocycles. The van der Waals surface area contributed by atoms with E-state index < -0.39 is 0 Å². The molecule has 0 unspecified atom stereocenters.